The largest absolute Gasteiger partial charge is 0.464 e. The monoisotopic (exact) mass is 496 g/mol. The number of hydrogen-bond acceptors (Lipinski definition) is 9. The SMILES string of the molecule is CC(=O)OCNS(=O)(=O)c1ccc2occc2c1.NS(=O)(=O)c1cc2cc(CO)ccc2o1. The van der Waals surface area contributed by atoms with Gasteiger partial charge in [0.2, 0.25) is 15.1 Å². The lowest BCUT2D eigenvalue weighted by atomic mass is 10.2. The second-order valence-electron chi connectivity index (χ2n) is 6.69. The van der Waals surface area contributed by atoms with Gasteiger partial charge in [0.15, 0.2) is 6.73 Å². The Morgan fingerprint density at radius 1 is 1.03 bits per heavy atom. The number of nitrogens with two attached hydrogens (primary N) is 1. The number of carbonyl (C=O) groups is 1. The van der Waals surface area contributed by atoms with Crippen molar-refractivity contribution in [3.8, 4) is 0 Å². The van der Waals surface area contributed by atoms with Gasteiger partial charge >= 0.3 is 5.97 Å². The maximum atomic E-state index is 11.8. The van der Waals surface area contributed by atoms with E-state index in [2.05, 4.69) is 9.46 Å². The number of benzene rings is 2. The summed E-state index contributed by atoms with van der Waals surface area (Å²) < 4.78 is 62.5. The number of ether oxygens (including phenoxy) is 1. The molecule has 0 saturated carbocycles. The second-order valence-corrected chi connectivity index (χ2v) is 9.95. The van der Waals surface area contributed by atoms with E-state index < -0.39 is 26.0 Å². The van der Waals surface area contributed by atoms with Gasteiger partial charge < -0.3 is 18.7 Å². The molecule has 33 heavy (non-hydrogen) atoms. The molecule has 2 aromatic heterocycles. The van der Waals surface area contributed by atoms with Crippen molar-refractivity contribution < 1.29 is 40.3 Å². The molecular formula is C20H20N2O9S2. The van der Waals surface area contributed by atoms with E-state index >= 15 is 0 Å². The van der Waals surface area contributed by atoms with Gasteiger partial charge in [0.05, 0.1) is 17.8 Å². The lowest BCUT2D eigenvalue weighted by Crippen LogP contribution is -2.27. The van der Waals surface area contributed by atoms with E-state index in [-0.39, 0.29) is 23.3 Å². The summed E-state index contributed by atoms with van der Waals surface area (Å²) in [5.41, 5.74) is 1.72. The zero-order valence-electron chi connectivity index (χ0n) is 17.2. The second kappa shape index (κ2) is 9.72. The minimum absolute atomic E-state index is 0.0866. The summed E-state index contributed by atoms with van der Waals surface area (Å²) in [5.74, 6) is -0.553. The van der Waals surface area contributed by atoms with E-state index in [0.717, 1.165) is 0 Å². The van der Waals surface area contributed by atoms with Crippen LogP contribution in [0.3, 0.4) is 0 Å². The molecule has 0 bridgehead atoms. The molecule has 2 aromatic carbocycles. The number of nitrogens with one attached hydrogen (secondary N) is 1. The Morgan fingerprint density at radius 3 is 2.42 bits per heavy atom. The Bertz CT molecular complexity index is 1500. The number of rotatable bonds is 6. The molecule has 0 fully saturated rings. The zero-order chi connectivity index (χ0) is 24.2. The lowest BCUT2D eigenvalue weighted by Gasteiger charge is -2.06. The Hall–Kier alpha value is -3.23. The average Bonchev–Trinajstić information content (AvgIpc) is 3.39. The van der Waals surface area contributed by atoms with Gasteiger partial charge in [-0.2, -0.15) is 4.72 Å². The van der Waals surface area contributed by atoms with Gasteiger partial charge in [0.1, 0.15) is 11.2 Å². The van der Waals surface area contributed by atoms with Crippen LogP contribution in [0.5, 0.6) is 0 Å². The van der Waals surface area contributed by atoms with E-state index in [1.807, 2.05) is 0 Å². The fraction of sp³-hybridized carbons (Fsp3) is 0.150. The number of aliphatic hydroxyl groups is 1. The molecule has 13 heteroatoms. The minimum Gasteiger partial charge on any atom is -0.464 e. The Morgan fingerprint density at radius 2 is 1.76 bits per heavy atom. The molecule has 0 amide bonds. The molecule has 4 N–H and O–H groups in total. The highest BCUT2D eigenvalue weighted by molar-refractivity contribution is 7.89. The maximum Gasteiger partial charge on any atom is 0.303 e. The fourth-order valence-corrected chi connectivity index (χ4v) is 4.12. The van der Waals surface area contributed by atoms with Crippen molar-refractivity contribution in [1.29, 1.82) is 0 Å². The maximum absolute atomic E-state index is 11.8. The molecule has 4 aromatic rings. The Labute approximate surface area is 188 Å². The summed E-state index contributed by atoms with van der Waals surface area (Å²) in [6, 6.07) is 12.4. The summed E-state index contributed by atoms with van der Waals surface area (Å²) in [4.78, 5) is 10.6. The normalized spacial score (nSPS) is 11.8. The van der Waals surface area contributed by atoms with Crippen LogP contribution in [0.4, 0.5) is 0 Å². The Kier molecular flexibility index (Phi) is 7.19. The third kappa shape index (κ3) is 6.18. The fourth-order valence-electron chi connectivity index (χ4n) is 2.71. The van der Waals surface area contributed by atoms with Gasteiger partial charge in [-0.25, -0.2) is 22.0 Å². The van der Waals surface area contributed by atoms with Crippen molar-refractivity contribution in [2.45, 2.75) is 23.5 Å². The van der Waals surface area contributed by atoms with Crippen molar-refractivity contribution in [2.24, 2.45) is 5.14 Å². The molecule has 0 saturated heterocycles. The van der Waals surface area contributed by atoms with Crippen molar-refractivity contribution in [1.82, 2.24) is 4.72 Å². The molecule has 0 unspecified atom stereocenters. The highest BCUT2D eigenvalue weighted by Gasteiger charge is 2.15. The van der Waals surface area contributed by atoms with Crippen LogP contribution >= 0.6 is 0 Å². The third-order valence-corrected chi connectivity index (χ3v) is 6.41. The van der Waals surface area contributed by atoms with Crippen LogP contribution < -0.4 is 9.86 Å². The molecule has 11 nitrogen and oxygen atoms in total. The van der Waals surface area contributed by atoms with Crippen molar-refractivity contribution in [3.63, 3.8) is 0 Å². The Balaban J connectivity index is 0.000000189. The molecule has 0 spiro atoms. The molecule has 0 aliphatic rings. The molecule has 0 aliphatic carbocycles. The highest BCUT2D eigenvalue weighted by atomic mass is 32.2. The van der Waals surface area contributed by atoms with E-state index in [1.54, 1.807) is 30.3 Å². The minimum atomic E-state index is -3.81. The number of esters is 1. The predicted octanol–water partition coefficient (Wildman–Crippen LogP) is 1.80. The van der Waals surface area contributed by atoms with Crippen LogP contribution in [0.25, 0.3) is 21.9 Å². The first-order valence-electron chi connectivity index (χ1n) is 9.26. The molecule has 176 valence electrons. The van der Waals surface area contributed by atoms with E-state index in [9.17, 15) is 21.6 Å². The summed E-state index contributed by atoms with van der Waals surface area (Å²) in [7, 11) is -7.51. The van der Waals surface area contributed by atoms with E-state index in [4.69, 9.17) is 19.1 Å². The number of fused-ring (bicyclic) bond motifs is 2. The lowest BCUT2D eigenvalue weighted by molar-refractivity contribution is -0.141. The first-order chi connectivity index (χ1) is 15.5. The summed E-state index contributed by atoms with van der Waals surface area (Å²) in [5, 5.41) is 14.8. The number of aliphatic hydroxyl groups excluding tert-OH is 1. The van der Waals surface area contributed by atoms with Crippen molar-refractivity contribution in [3.05, 3.63) is 60.4 Å². The van der Waals surface area contributed by atoms with Crippen molar-refractivity contribution >= 4 is 48.0 Å². The van der Waals surface area contributed by atoms with Crippen LogP contribution in [0.2, 0.25) is 0 Å². The van der Waals surface area contributed by atoms with E-state index in [0.29, 0.717) is 27.5 Å². The first-order valence-corrected chi connectivity index (χ1v) is 12.3. The topological polar surface area (TPSA) is 179 Å². The van der Waals surface area contributed by atoms with Gasteiger partial charge in [-0.05, 0) is 42.0 Å². The average molecular weight is 497 g/mol. The van der Waals surface area contributed by atoms with Gasteiger partial charge in [0.25, 0.3) is 10.0 Å². The van der Waals surface area contributed by atoms with Crippen LogP contribution in [0.1, 0.15) is 12.5 Å². The van der Waals surface area contributed by atoms with E-state index in [1.165, 1.54) is 31.4 Å². The molecule has 0 atom stereocenters. The number of sulfonamides is 2. The summed E-state index contributed by atoms with van der Waals surface area (Å²) in [6.07, 6.45) is 1.48. The quantitative estimate of drug-likeness (QED) is 0.265. The molecule has 0 radical (unpaired) electrons. The molecule has 4 rings (SSSR count). The van der Waals surface area contributed by atoms with Crippen molar-refractivity contribution in [2.75, 3.05) is 6.73 Å². The van der Waals surface area contributed by atoms with Gasteiger partial charge in [0, 0.05) is 23.8 Å². The third-order valence-electron chi connectivity index (χ3n) is 4.28. The van der Waals surface area contributed by atoms with Crippen LogP contribution in [0, 0.1) is 0 Å². The number of carbonyl (C=O) groups excluding carboxylic acids is 1. The first kappa shape index (κ1) is 24.4. The zero-order valence-corrected chi connectivity index (χ0v) is 18.9. The standard InChI is InChI=1S/C11H11NO5S.C9H9NO4S/c1-8(13)17-7-12-18(14,15)10-2-3-11-9(6-10)4-5-16-11;10-15(12,13)9-4-7-3-6(5-11)1-2-8(7)14-9/h2-6,12H,7H2,1H3;1-4,11H,5H2,(H2,10,12,13). The number of furan rings is 2. The smallest absolute Gasteiger partial charge is 0.303 e. The molecular weight excluding hydrogens is 476 g/mol. The van der Waals surface area contributed by atoms with Gasteiger partial charge in [-0.15, -0.1) is 0 Å². The van der Waals surface area contributed by atoms with Crippen LogP contribution in [-0.2, 0) is 36.2 Å². The van der Waals surface area contributed by atoms with Gasteiger partial charge in [-0.1, -0.05) is 6.07 Å². The predicted molar refractivity (Wildman–Crippen MR) is 117 cm³/mol. The number of hydrogen-bond donors (Lipinski definition) is 3. The number of primary sulfonamides is 1. The summed E-state index contributed by atoms with van der Waals surface area (Å²) in [6.45, 7) is 0.707. The summed E-state index contributed by atoms with van der Waals surface area (Å²) >= 11 is 0. The molecule has 2 heterocycles. The van der Waals surface area contributed by atoms with Crippen LogP contribution in [-0.4, -0.2) is 34.6 Å². The van der Waals surface area contributed by atoms with Crippen LogP contribution in [0.15, 0.2) is 73.6 Å². The molecule has 0 aliphatic heterocycles. The highest BCUT2D eigenvalue weighted by Crippen LogP contribution is 2.23. The van der Waals surface area contributed by atoms with Gasteiger partial charge in [-0.3, -0.25) is 4.79 Å².